The second-order valence-corrected chi connectivity index (χ2v) is 7.53. The molecule has 0 atom stereocenters. The Hall–Kier alpha value is -3.41. The highest BCUT2D eigenvalue weighted by atomic mass is 79.9. The molecule has 12 heteroatoms. The summed E-state index contributed by atoms with van der Waals surface area (Å²) < 4.78 is 18.0. The average Bonchev–Trinajstić information content (AvgIpc) is 3.38. The third kappa shape index (κ3) is 5.25. The molecule has 1 aromatic carbocycles. The van der Waals surface area contributed by atoms with Crippen LogP contribution >= 0.6 is 15.9 Å². The summed E-state index contributed by atoms with van der Waals surface area (Å²) in [5, 5.41) is 13.5. The number of halogens is 1. The number of hydrogen-bond donors (Lipinski definition) is 2. The summed E-state index contributed by atoms with van der Waals surface area (Å²) in [5.41, 5.74) is 2.29. The lowest BCUT2D eigenvalue weighted by Gasteiger charge is -2.07. The minimum absolute atomic E-state index is 0.0879. The molecule has 32 heavy (non-hydrogen) atoms. The Morgan fingerprint density at radius 1 is 1.12 bits per heavy atom. The summed E-state index contributed by atoms with van der Waals surface area (Å²) in [6.45, 7) is 4.25. The molecule has 0 fully saturated rings. The smallest absolute Gasteiger partial charge is 0.316 e. The van der Waals surface area contributed by atoms with Crippen LogP contribution in [0.15, 0.2) is 27.2 Å². The van der Waals surface area contributed by atoms with Crippen LogP contribution in [0.25, 0.3) is 11.4 Å². The SMILES string of the molecule is COc1ccc(-c2noc(C(=O)NCCNC(=O)Cn3nc(C)c(Br)c3C)n2)cc1OC. The normalized spacial score (nSPS) is 10.7. The molecule has 0 aliphatic rings. The molecule has 0 unspecified atom stereocenters. The summed E-state index contributed by atoms with van der Waals surface area (Å²) >= 11 is 3.43. The fourth-order valence-electron chi connectivity index (χ4n) is 2.88. The standard InChI is InChI=1S/C20H23BrN6O5/c1-11-17(21)12(2)27(25-11)10-16(28)22-7-8-23-19(29)20-24-18(26-32-20)13-5-6-14(30-3)15(9-13)31-4/h5-6,9H,7-8,10H2,1-4H3,(H,22,28)(H,23,29). The molecule has 0 bridgehead atoms. The number of carbonyl (C=O) groups excluding carboxylic acids is 2. The van der Waals surface area contributed by atoms with E-state index >= 15 is 0 Å². The number of aryl methyl sites for hydroxylation is 1. The topological polar surface area (TPSA) is 133 Å². The van der Waals surface area contributed by atoms with Gasteiger partial charge in [0.15, 0.2) is 11.5 Å². The van der Waals surface area contributed by atoms with Crippen LogP contribution in [0.5, 0.6) is 11.5 Å². The first-order valence-electron chi connectivity index (χ1n) is 9.64. The van der Waals surface area contributed by atoms with E-state index in [2.05, 4.69) is 41.8 Å². The van der Waals surface area contributed by atoms with E-state index in [1.165, 1.54) is 14.2 Å². The van der Waals surface area contributed by atoms with Gasteiger partial charge in [0.2, 0.25) is 11.7 Å². The van der Waals surface area contributed by atoms with Gasteiger partial charge in [0.05, 0.1) is 30.1 Å². The number of hydrogen-bond acceptors (Lipinski definition) is 8. The summed E-state index contributed by atoms with van der Waals surface area (Å²) in [5.74, 6) is 0.357. The van der Waals surface area contributed by atoms with Gasteiger partial charge in [-0.2, -0.15) is 10.1 Å². The summed E-state index contributed by atoms with van der Waals surface area (Å²) in [6.07, 6.45) is 0. The Kier molecular flexibility index (Phi) is 7.46. The molecule has 2 heterocycles. The largest absolute Gasteiger partial charge is 0.493 e. The van der Waals surface area contributed by atoms with Gasteiger partial charge >= 0.3 is 11.8 Å². The number of ether oxygens (including phenoxy) is 2. The Morgan fingerprint density at radius 2 is 1.84 bits per heavy atom. The Bertz CT molecular complexity index is 1130. The molecule has 0 radical (unpaired) electrons. The molecule has 170 valence electrons. The maximum absolute atomic E-state index is 12.2. The number of nitrogens with zero attached hydrogens (tertiary/aromatic N) is 4. The van der Waals surface area contributed by atoms with E-state index in [1.54, 1.807) is 22.9 Å². The van der Waals surface area contributed by atoms with E-state index in [9.17, 15) is 9.59 Å². The van der Waals surface area contributed by atoms with Crippen molar-refractivity contribution >= 4 is 27.7 Å². The van der Waals surface area contributed by atoms with E-state index in [4.69, 9.17) is 14.0 Å². The molecule has 2 amide bonds. The van der Waals surface area contributed by atoms with Crippen molar-refractivity contribution in [3.05, 3.63) is 40.0 Å². The van der Waals surface area contributed by atoms with Crippen LogP contribution in [0, 0.1) is 13.8 Å². The van der Waals surface area contributed by atoms with Crippen molar-refractivity contribution in [1.29, 1.82) is 0 Å². The molecule has 0 aliphatic carbocycles. The van der Waals surface area contributed by atoms with Gasteiger partial charge < -0.3 is 24.6 Å². The average molecular weight is 507 g/mol. The molecular formula is C20H23BrN6O5. The maximum atomic E-state index is 12.2. The van der Waals surface area contributed by atoms with Crippen molar-refractivity contribution in [3.63, 3.8) is 0 Å². The maximum Gasteiger partial charge on any atom is 0.316 e. The van der Waals surface area contributed by atoms with Crippen LogP contribution in [0.4, 0.5) is 0 Å². The van der Waals surface area contributed by atoms with Crippen molar-refractivity contribution in [2.45, 2.75) is 20.4 Å². The number of rotatable bonds is 9. The molecular weight excluding hydrogens is 484 g/mol. The first kappa shape index (κ1) is 23.3. The zero-order chi connectivity index (χ0) is 23.3. The first-order chi connectivity index (χ1) is 15.3. The molecule has 2 N–H and O–H groups in total. The zero-order valence-corrected chi connectivity index (χ0v) is 19.6. The molecule has 0 aliphatic heterocycles. The number of amides is 2. The highest BCUT2D eigenvalue weighted by Gasteiger charge is 2.17. The van der Waals surface area contributed by atoms with Crippen LogP contribution in [0.3, 0.4) is 0 Å². The van der Waals surface area contributed by atoms with Crippen molar-refractivity contribution in [3.8, 4) is 22.9 Å². The van der Waals surface area contributed by atoms with E-state index in [0.29, 0.717) is 17.1 Å². The van der Waals surface area contributed by atoms with Gasteiger partial charge in [0.1, 0.15) is 6.54 Å². The van der Waals surface area contributed by atoms with Gasteiger partial charge in [-0.1, -0.05) is 5.16 Å². The second kappa shape index (κ2) is 10.3. The lowest BCUT2D eigenvalue weighted by molar-refractivity contribution is -0.121. The van der Waals surface area contributed by atoms with E-state index in [0.717, 1.165) is 15.9 Å². The van der Waals surface area contributed by atoms with E-state index in [-0.39, 0.29) is 37.3 Å². The van der Waals surface area contributed by atoms with Crippen LogP contribution in [-0.4, -0.2) is 59.0 Å². The number of aromatic nitrogens is 4. The highest BCUT2D eigenvalue weighted by molar-refractivity contribution is 9.10. The highest BCUT2D eigenvalue weighted by Crippen LogP contribution is 2.31. The van der Waals surface area contributed by atoms with Gasteiger partial charge in [0.25, 0.3) is 0 Å². The van der Waals surface area contributed by atoms with Crippen LogP contribution in [0.1, 0.15) is 22.1 Å². The van der Waals surface area contributed by atoms with Crippen molar-refractivity contribution in [2.24, 2.45) is 0 Å². The van der Waals surface area contributed by atoms with Gasteiger partial charge in [-0.3, -0.25) is 14.3 Å². The Morgan fingerprint density at radius 3 is 2.50 bits per heavy atom. The first-order valence-corrected chi connectivity index (χ1v) is 10.4. The number of benzene rings is 1. The monoisotopic (exact) mass is 506 g/mol. The van der Waals surface area contributed by atoms with E-state index in [1.807, 2.05) is 13.8 Å². The van der Waals surface area contributed by atoms with Gasteiger partial charge in [-0.25, -0.2) is 0 Å². The Labute approximate surface area is 192 Å². The molecule has 0 saturated heterocycles. The van der Waals surface area contributed by atoms with Crippen LogP contribution < -0.4 is 20.1 Å². The number of carbonyl (C=O) groups is 2. The van der Waals surface area contributed by atoms with Crippen molar-refractivity contribution in [1.82, 2.24) is 30.6 Å². The predicted molar refractivity (Wildman–Crippen MR) is 118 cm³/mol. The molecule has 0 saturated carbocycles. The lowest BCUT2D eigenvalue weighted by Crippen LogP contribution is -2.36. The second-order valence-electron chi connectivity index (χ2n) is 6.74. The third-order valence-electron chi connectivity index (χ3n) is 4.58. The van der Waals surface area contributed by atoms with Gasteiger partial charge in [-0.05, 0) is 48.0 Å². The Balaban J connectivity index is 1.49. The summed E-state index contributed by atoms with van der Waals surface area (Å²) in [4.78, 5) is 28.5. The fourth-order valence-corrected chi connectivity index (χ4v) is 3.17. The number of nitrogens with one attached hydrogen (secondary N) is 2. The van der Waals surface area contributed by atoms with Crippen molar-refractivity contribution < 1.29 is 23.6 Å². The quantitative estimate of drug-likeness (QED) is 0.420. The summed E-state index contributed by atoms with van der Waals surface area (Å²) in [7, 11) is 3.06. The summed E-state index contributed by atoms with van der Waals surface area (Å²) in [6, 6.07) is 5.12. The van der Waals surface area contributed by atoms with Gasteiger partial charge in [0, 0.05) is 18.7 Å². The lowest BCUT2D eigenvalue weighted by atomic mass is 10.2. The molecule has 2 aromatic heterocycles. The molecule has 0 spiro atoms. The van der Waals surface area contributed by atoms with E-state index < -0.39 is 5.91 Å². The zero-order valence-electron chi connectivity index (χ0n) is 18.1. The predicted octanol–water partition coefficient (Wildman–Crippen LogP) is 1.88. The van der Waals surface area contributed by atoms with Crippen LogP contribution in [-0.2, 0) is 11.3 Å². The number of methoxy groups -OCH3 is 2. The fraction of sp³-hybridized carbons (Fsp3) is 0.350. The molecule has 3 aromatic rings. The van der Waals surface area contributed by atoms with Crippen molar-refractivity contribution in [2.75, 3.05) is 27.3 Å². The molecule has 3 rings (SSSR count). The minimum atomic E-state index is -0.541. The third-order valence-corrected chi connectivity index (χ3v) is 5.73. The minimum Gasteiger partial charge on any atom is -0.493 e. The molecule has 11 nitrogen and oxygen atoms in total. The van der Waals surface area contributed by atoms with Crippen LogP contribution in [0.2, 0.25) is 0 Å². The van der Waals surface area contributed by atoms with Gasteiger partial charge in [-0.15, -0.1) is 0 Å².